The lowest BCUT2D eigenvalue weighted by molar-refractivity contribution is -0.122. The third-order valence-corrected chi connectivity index (χ3v) is 6.42. The van der Waals surface area contributed by atoms with Gasteiger partial charge in [0.05, 0.1) is 6.54 Å². The highest BCUT2D eigenvalue weighted by molar-refractivity contribution is 5.84. The molecule has 1 heterocycles. The largest absolute Gasteiger partial charge is 0.475 e. The van der Waals surface area contributed by atoms with Gasteiger partial charge < -0.3 is 24.9 Å². The molecule has 34 heavy (non-hydrogen) atoms. The molecule has 174 valence electrons. The second-order valence-corrected chi connectivity index (χ2v) is 8.60. The molecule has 5 rings (SSSR count). The zero-order valence-corrected chi connectivity index (χ0v) is 18.3. The minimum absolute atomic E-state index is 0.000782. The molecule has 3 N–H and O–H groups in total. The number of amides is 2. The van der Waals surface area contributed by atoms with Crippen molar-refractivity contribution in [3.05, 3.63) is 83.3 Å². The van der Waals surface area contributed by atoms with Gasteiger partial charge in [0, 0.05) is 18.4 Å². The molecule has 1 saturated carbocycles. The lowest BCUT2D eigenvalue weighted by atomic mass is 9.98. The number of hydrogen-bond donors (Lipinski definition) is 3. The van der Waals surface area contributed by atoms with E-state index in [0.717, 1.165) is 11.1 Å². The molecule has 2 unspecified atom stereocenters. The summed E-state index contributed by atoms with van der Waals surface area (Å²) < 4.78 is 10.7. The molecule has 0 aliphatic heterocycles. The number of nitrogens with one attached hydrogen (secondary N) is 2. The molecule has 0 radical (unpaired) electrons. The first-order valence-electron chi connectivity index (χ1n) is 11.2. The summed E-state index contributed by atoms with van der Waals surface area (Å²) >= 11 is 0. The Morgan fingerprint density at radius 1 is 0.941 bits per heavy atom. The van der Waals surface area contributed by atoms with Crippen LogP contribution >= 0.6 is 0 Å². The Balaban J connectivity index is 1.06. The van der Waals surface area contributed by atoms with Crippen LogP contribution in [0.25, 0.3) is 11.1 Å². The van der Waals surface area contributed by atoms with E-state index in [1.165, 1.54) is 23.3 Å². The summed E-state index contributed by atoms with van der Waals surface area (Å²) in [6, 6.07) is 19.2. The summed E-state index contributed by atoms with van der Waals surface area (Å²) in [5.74, 6) is -1.23. The summed E-state index contributed by atoms with van der Waals surface area (Å²) in [6.07, 6.45) is 0.179. The van der Waals surface area contributed by atoms with Crippen LogP contribution in [-0.2, 0) is 16.1 Å². The van der Waals surface area contributed by atoms with Crippen LogP contribution in [0.4, 0.5) is 4.79 Å². The number of carboxylic acid groups (broad SMARTS) is 1. The number of benzene rings is 2. The zero-order valence-electron chi connectivity index (χ0n) is 18.3. The minimum atomic E-state index is -1.15. The number of carbonyl (C=O) groups is 3. The number of ether oxygens (including phenoxy) is 1. The Morgan fingerprint density at radius 2 is 1.62 bits per heavy atom. The van der Waals surface area contributed by atoms with Crippen LogP contribution in [0.3, 0.4) is 0 Å². The summed E-state index contributed by atoms with van der Waals surface area (Å²) in [5, 5.41) is 14.4. The summed E-state index contributed by atoms with van der Waals surface area (Å²) in [4.78, 5) is 35.4. The van der Waals surface area contributed by atoms with Crippen LogP contribution in [0, 0.1) is 11.8 Å². The Hall–Kier alpha value is -4.07. The van der Waals surface area contributed by atoms with E-state index in [1.54, 1.807) is 0 Å². The van der Waals surface area contributed by atoms with Gasteiger partial charge in [0.25, 0.3) is 0 Å². The van der Waals surface area contributed by atoms with Crippen molar-refractivity contribution in [1.29, 1.82) is 0 Å². The third kappa shape index (κ3) is 4.39. The first kappa shape index (κ1) is 21.8. The van der Waals surface area contributed by atoms with Crippen molar-refractivity contribution in [3.8, 4) is 11.1 Å². The maximum absolute atomic E-state index is 12.3. The summed E-state index contributed by atoms with van der Waals surface area (Å²) in [7, 11) is 0. The van der Waals surface area contributed by atoms with Crippen molar-refractivity contribution in [2.24, 2.45) is 11.8 Å². The van der Waals surface area contributed by atoms with E-state index in [-0.39, 0.29) is 42.6 Å². The molecule has 0 saturated heterocycles. The molecular weight excluding hydrogens is 436 g/mol. The molecule has 2 aromatic carbocycles. The van der Waals surface area contributed by atoms with Crippen molar-refractivity contribution in [2.75, 3.05) is 13.2 Å². The van der Waals surface area contributed by atoms with Crippen LogP contribution in [0.1, 0.15) is 39.8 Å². The molecular formula is C26H24N2O6. The number of carbonyl (C=O) groups excluding carboxylic acids is 2. The van der Waals surface area contributed by atoms with Crippen LogP contribution in [-0.4, -0.2) is 36.2 Å². The summed E-state index contributed by atoms with van der Waals surface area (Å²) in [5.41, 5.74) is 4.66. The van der Waals surface area contributed by atoms with Gasteiger partial charge in [-0.15, -0.1) is 0 Å². The van der Waals surface area contributed by atoms with Gasteiger partial charge in [-0.2, -0.15) is 0 Å². The fraction of sp³-hybridized carbons (Fsp3) is 0.269. The van der Waals surface area contributed by atoms with Crippen molar-refractivity contribution in [2.45, 2.75) is 18.9 Å². The van der Waals surface area contributed by atoms with Crippen molar-refractivity contribution in [1.82, 2.24) is 10.6 Å². The monoisotopic (exact) mass is 460 g/mol. The first-order valence-corrected chi connectivity index (χ1v) is 11.2. The predicted molar refractivity (Wildman–Crippen MR) is 122 cm³/mol. The molecule has 3 aromatic rings. The maximum Gasteiger partial charge on any atom is 0.407 e. The molecule has 1 aromatic heterocycles. The van der Waals surface area contributed by atoms with Gasteiger partial charge in [-0.1, -0.05) is 48.5 Å². The van der Waals surface area contributed by atoms with E-state index in [4.69, 9.17) is 14.3 Å². The van der Waals surface area contributed by atoms with Gasteiger partial charge in [-0.3, -0.25) is 4.79 Å². The van der Waals surface area contributed by atoms with E-state index in [1.807, 2.05) is 24.3 Å². The SMILES string of the molecule is O=C(NCC1CC1C(=O)NCc1ccc(C(=O)O)o1)OCC1c2ccccc2-c2ccccc21. The Labute approximate surface area is 195 Å². The standard InChI is InChI=1S/C26H24N2O6/c29-24(27-13-16-9-10-23(34-16)25(30)31)21-11-15(21)12-28-26(32)33-14-22-19-7-3-1-5-17(19)18-6-2-4-8-20(18)22/h1-10,15,21-22H,11-14H2,(H,27,29)(H,28,32)(H,30,31). The normalized spacial score (nSPS) is 18.0. The Bertz CT molecular complexity index is 1200. The molecule has 2 atom stereocenters. The van der Waals surface area contributed by atoms with E-state index >= 15 is 0 Å². The second-order valence-electron chi connectivity index (χ2n) is 8.60. The van der Waals surface area contributed by atoms with Gasteiger partial charge in [0.1, 0.15) is 12.4 Å². The highest BCUT2D eigenvalue weighted by atomic mass is 16.5. The van der Waals surface area contributed by atoms with Crippen LogP contribution in [0.15, 0.2) is 65.1 Å². The number of rotatable bonds is 8. The topological polar surface area (TPSA) is 118 Å². The number of aromatic carboxylic acids is 1. The molecule has 2 aliphatic rings. The highest BCUT2D eigenvalue weighted by Gasteiger charge is 2.43. The van der Waals surface area contributed by atoms with Crippen LogP contribution < -0.4 is 10.6 Å². The number of alkyl carbamates (subject to hydrolysis) is 1. The fourth-order valence-electron chi connectivity index (χ4n) is 4.55. The van der Waals surface area contributed by atoms with Crippen molar-refractivity contribution < 1.29 is 28.6 Å². The third-order valence-electron chi connectivity index (χ3n) is 6.42. The molecule has 0 spiro atoms. The first-order chi connectivity index (χ1) is 16.5. The van der Waals surface area contributed by atoms with Crippen LogP contribution in [0.5, 0.6) is 0 Å². The van der Waals surface area contributed by atoms with E-state index < -0.39 is 12.1 Å². The minimum Gasteiger partial charge on any atom is -0.475 e. The van der Waals surface area contributed by atoms with Gasteiger partial charge in [0.15, 0.2) is 0 Å². The number of carboxylic acids is 1. The zero-order chi connectivity index (χ0) is 23.7. The molecule has 2 aliphatic carbocycles. The smallest absolute Gasteiger partial charge is 0.407 e. The molecule has 0 bridgehead atoms. The summed E-state index contributed by atoms with van der Waals surface area (Å²) in [6.45, 7) is 0.726. The van der Waals surface area contributed by atoms with Gasteiger partial charge >= 0.3 is 12.1 Å². The quantitative estimate of drug-likeness (QED) is 0.471. The predicted octanol–water partition coefficient (Wildman–Crippen LogP) is 3.77. The molecule has 1 fully saturated rings. The lowest BCUT2D eigenvalue weighted by Gasteiger charge is -2.14. The molecule has 8 nitrogen and oxygen atoms in total. The fourth-order valence-corrected chi connectivity index (χ4v) is 4.55. The maximum atomic E-state index is 12.3. The van der Waals surface area contributed by atoms with Crippen molar-refractivity contribution in [3.63, 3.8) is 0 Å². The second kappa shape index (κ2) is 9.05. The number of hydrogen-bond acceptors (Lipinski definition) is 5. The van der Waals surface area contributed by atoms with Gasteiger partial charge in [-0.25, -0.2) is 9.59 Å². The van der Waals surface area contributed by atoms with E-state index in [2.05, 4.69) is 34.9 Å². The Morgan fingerprint density at radius 3 is 2.26 bits per heavy atom. The van der Waals surface area contributed by atoms with Crippen LogP contribution in [0.2, 0.25) is 0 Å². The lowest BCUT2D eigenvalue weighted by Crippen LogP contribution is -2.30. The number of furan rings is 1. The van der Waals surface area contributed by atoms with Gasteiger partial charge in [0.2, 0.25) is 11.7 Å². The van der Waals surface area contributed by atoms with E-state index in [0.29, 0.717) is 18.7 Å². The van der Waals surface area contributed by atoms with E-state index in [9.17, 15) is 14.4 Å². The molecule has 2 amide bonds. The number of fused-ring (bicyclic) bond motifs is 3. The highest BCUT2D eigenvalue weighted by Crippen LogP contribution is 2.44. The Kier molecular flexibility index (Phi) is 5.79. The average Bonchev–Trinajstić information content (AvgIpc) is 3.34. The average molecular weight is 460 g/mol. The van der Waals surface area contributed by atoms with Crippen molar-refractivity contribution >= 4 is 18.0 Å². The molecule has 8 heteroatoms. The van der Waals surface area contributed by atoms with Gasteiger partial charge in [-0.05, 0) is 46.7 Å².